The number of hydrogen-bond acceptors (Lipinski definition) is 2. The van der Waals surface area contributed by atoms with Crippen LogP contribution in [-0.4, -0.2) is 30.4 Å². The maximum Gasteiger partial charge on any atom is 0.234 e. The summed E-state index contributed by atoms with van der Waals surface area (Å²) in [6.45, 7) is 11.2. The van der Waals surface area contributed by atoms with Gasteiger partial charge in [-0.3, -0.25) is 9.69 Å². The molecule has 0 aliphatic carbocycles. The smallest absolute Gasteiger partial charge is 0.234 e. The zero-order chi connectivity index (χ0) is 15.4. The number of likely N-dealkylation sites (tertiary alicyclic amines) is 1. The van der Waals surface area contributed by atoms with E-state index < -0.39 is 0 Å². The molecule has 1 amide bonds. The van der Waals surface area contributed by atoms with Crippen LogP contribution in [0.3, 0.4) is 0 Å². The van der Waals surface area contributed by atoms with Crippen LogP contribution < -0.4 is 5.32 Å². The lowest BCUT2D eigenvalue weighted by molar-refractivity contribution is -0.123. The molecule has 1 fully saturated rings. The number of nitrogens with one attached hydrogen (secondary N) is 1. The van der Waals surface area contributed by atoms with Crippen LogP contribution in [0.4, 0.5) is 0 Å². The van der Waals surface area contributed by atoms with Gasteiger partial charge in [-0.2, -0.15) is 0 Å². The summed E-state index contributed by atoms with van der Waals surface area (Å²) in [7, 11) is 0. The van der Waals surface area contributed by atoms with Crippen LogP contribution in [0.1, 0.15) is 49.4 Å². The Bertz CT molecular complexity index is 498. The van der Waals surface area contributed by atoms with E-state index in [4.69, 9.17) is 0 Å². The Hall–Kier alpha value is -1.35. The van der Waals surface area contributed by atoms with Crippen molar-refractivity contribution in [1.29, 1.82) is 0 Å². The Morgan fingerprint density at radius 2 is 2.14 bits per heavy atom. The van der Waals surface area contributed by atoms with Crippen molar-refractivity contribution < 1.29 is 4.79 Å². The summed E-state index contributed by atoms with van der Waals surface area (Å²) in [4.78, 5) is 14.5. The van der Waals surface area contributed by atoms with Crippen molar-refractivity contribution in [3.05, 3.63) is 34.9 Å². The minimum atomic E-state index is 0.0685. The Labute approximate surface area is 128 Å². The van der Waals surface area contributed by atoms with Crippen LogP contribution in [-0.2, 0) is 4.79 Å². The predicted octanol–water partition coefficient (Wildman–Crippen LogP) is 3.21. The van der Waals surface area contributed by atoms with E-state index >= 15 is 0 Å². The van der Waals surface area contributed by atoms with Crippen molar-refractivity contribution in [3.8, 4) is 0 Å². The van der Waals surface area contributed by atoms with Gasteiger partial charge in [0.25, 0.3) is 0 Å². The highest BCUT2D eigenvalue weighted by atomic mass is 16.2. The quantitative estimate of drug-likeness (QED) is 0.922. The van der Waals surface area contributed by atoms with Gasteiger partial charge in [0, 0.05) is 6.54 Å². The van der Waals surface area contributed by atoms with E-state index in [1.165, 1.54) is 29.5 Å². The van der Waals surface area contributed by atoms with Crippen LogP contribution in [0, 0.1) is 19.8 Å². The molecule has 3 heteroatoms. The van der Waals surface area contributed by atoms with Crippen molar-refractivity contribution in [2.24, 2.45) is 5.92 Å². The SMILES string of the molecule is Cc1ccc(C(C)NC(=O)CN2CCCC(C)C2)cc1C. The van der Waals surface area contributed by atoms with Gasteiger partial charge in [0.2, 0.25) is 5.91 Å². The molecule has 0 aromatic heterocycles. The number of hydrogen-bond donors (Lipinski definition) is 1. The topological polar surface area (TPSA) is 32.3 Å². The van der Waals surface area contributed by atoms with Crippen molar-refractivity contribution in [3.63, 3.8) is 0 Å². The summed E-state index contributed by atoms with van der Waals surface area (Å²) >= 11 is 0. The molecule has 1 aromatic rings. The Balaban J connectivity index is 1.88. The molecule has 0 radical (unpaired) electrons. The van der Waals surface area contributed by atoms with Crippen molar-refractivity contribution >= 4 is 5.91 Å². The number of piperidine rings is 1. The van der Waals surface area contributed by atoms with Gasteiger partial charge in [0.1, 0.15) is 0 Å². The second-order valence-corrected chi connectivity index (χ2v) is 6.62. The van der Waals surface area contributed by atoms with E-state index in [0.29, 0.717) is 12.5 Å². The molecule has 1 heterocycles. The number of amides is 1. The number of carbonyl (C=O) groups is 1. The molecule has 2 rings (SSSR count). The third-order valence-electron chi connectivity index (χ3n) is 4.52. The fourth-order valence-electron chi connectivity index (χ4n) is 3.04. The van der Waals surface area contributed by atoms with Crippen molar-refractivity contribution in [2.45, 2.75) is 46.6 Å². The van der Waals surface area contributed by atoms with E-state index in [0.717, 1.165) is 13.1 Å². The van der Waals surface area contributed by atoms with Gasteiger partial charge in [-0.1, -0.05) is 25.1 Å². The fraction of sp³-hybridized carbons (Fsp3) is 0.611. The molecule has 1 aromatic carbocycles. The maximum absolute atomic E-state index is 12.2. The van der Waals surface area contributed by atoms with E-state index in [2.05, 4.69) is 56.1 Å². The summed E-state index contributed by atoms with van der Waals surface area (Å²) in [5.74, 6) is 0.846. The summed E-state index contributed by atoms with van der Waals surface area (Å²) in [6.07, 6.45) is 2.50. The zero-order valence-electron chi connectivity index (χ0n) is 13.8. The van der Waals surface area contributed by atoms with Gasteiger partial charge in [-0.15, -0.1) is 0 Å². The molecule has 3 nitrogen and oxygen atoms in total. The molecule has 2 atom stereocenters. The first-order valence-corrected chi connectivity index (χ1v) is 8.04. The van der Waals surface area contributed by atoms with Crippen LogP contribution in [0.15, 0.2) is 18.2 Å². The first-order chi connectivity index (χ1) is 9.95. The van der Waals surface area contributed by atoms with Gasteiger partial charge >= 0.3 is 0 Å². The van der Waals surface area contributed by atoms with Crippen LogP contribution in [0.5, 0.6) is 0 Å². The van der Waals surface area contributed by atoms with E-state index in [-0.39, 0.29) is 11.9 Å². The third kappa shape index (κ3) is 4.57. The average Bonchev–Trinajstić information content (AvgIpc) is 2.41. The zero-order valence-corrected chi connectivity index (χ0v) is 13.8. The second kappa shape index (κ2) is 7.08. The lowest BCUT2D eigenvalue weighted by Crippen LogP contribution is -2.42. The molecular formula is C18H28N2O. The standard InChI is InChI=1S/C18H28N2O/c1-13-6-5-9-20(11-13)12-18(21)19-16(4)17-8-7-14(2)15(3)10-17/h7-8,10,13,16H,5-6,9,11-12H2,1-4H3,(H,19,21). The summed E-state index contributed by atoms with van der Waals surface area (Å²) in [6, 6.07) is 6.47. The van der Waals surface area contributed by atoms with Crippen molar-refractivity contribution in [2.75, 3.05) is 19.6 Å². The predicted molar refractivity (Wildman–Crippen MR) is 87.3 cm³/mol. The third-order valence-corrected chi connectivity index (χ3v) is 4.52. The Morgan fingerprint density at radius 3 is 2.81 bits per heavy atom. The molecule has 1 saturated heterocycles. The van der Waals surface area contributed by atoms with Crippen LogP contribution in [0.25, 0.3) is 0 Å². The highest BCUT2D eigenvalue weighted by Gasteiger charge is 2.19. The maximum atomic E-state index is 12.2. The molecule has 0 bridgehead atoms. The molecule has 2 unspecified atom stereocenters. The fourth-order valence-corrected chi connectivity index (χ4v) is 3.04. The minimum Gasteiger partial charge on any atom is -0.348 e. The molecule has 1 N–H and O–H groups in total. The summed E-state index contributed by atoms with van der Waals surface area (Å²) < 4.78 is 0. The molecule has 21 heavy (non-hydrogen) atoms. The number of rotatable bonds is 4. The largest absolute Gasteiger partial charge is 0.348 e. The minimum absolute atomic E-state index is 0.0685. The van der Waals surface area contributed by atoms with E-state index in [1.54, 1.807) is 0 Å². The van der Waals surface area contributed by atoms with Crippen molar-refractivity contribution in [1.82, 2.24) is 10.2 Å². The molecule has 116 valence electrons. The monoisotopic (exact) mass is 288 g/mol. The van der Waals surface area contributed by atoms with Gasteiger partial charge in [0.05, 0.1) is 12.6 Å². The highest BCUT2D eigenvalue weighted by molar-refractivity contribution is 5.78. The van der Waals surface area contributed by atoms with Gasteiger partial charge in [0.15, 0.2) is 0 Å². The number of benzene rings is 1. The number of nitrogens with zero attached hydrogens (tertiary/aromatic N) is 1. The summed E-state index contributed by atoms with van der Waals surface area (Å²) in [5, 5.41) is 3.12. The Morgan fingerprint density at radius 1 is 1.38 bits per heavy atom. The van der Waals surface area contributed by atoms with Gasteiger partial charge in [-0.05, 0) is 62.8 Å². The Kier molecular flexibility index (Phi) is 5.40. The molecule has 0 spiro atoms. The average molecular weight is 288 g/mol. The highest BCUT2D eigenvalue weighted by Crippen LogP contribution is 2.17. The molecular weight excluding hydrogens is 260 g/mol. The lowest BCUT2D eigenvalue weighted by atomic mass is 10.0. The van der Waals surface area contributed by atoms with Crippen LogP contribution >= 0.6 is 0 Å². The molecule has 1 aliphatic rings. The van der Waals surface area contributed by atoms with E-state index in [9.17, 15) is 4.79 Å². The van der Waals surface area contributed by atoms with E-state index in [1.807, 2.05) is 0 Å². The van der Waals surface area contributed by atoms with Crippen LogP contribution in [0.2, 0.25) is 0 Å². The summed E-state index contributed by atoms with van der Waals surface area (Å²) in [5.41, 5.74) is 3.75. The van der Waals surface area contributed by atoms with Gasteiger partial charge < -0.3 is 5.32 Å². The molecule has 1 aliphatic heterocycles. The number of carbonyl (C=O) groups excluding carboxylic acids is 1. The second-order valence-electron chi connectivity index (χ2n) is 6.62. The normalized spacial score (nSPS) is 21.0. The number of aryl methyl sites for hydroxylation is 2. The molecule has 0 saturated carbocycles. The first kappa shape index (κ1) is 16.0. The lowest BCUT2D eigenvalue weighted by Gasteiger charge is -2.30. The van der Waals surface area contributed by atoms with Gasteiger partial charge in [-0.25, -0.2) is 0 Å². The first-order valence-electron chi connectivity index (χ1n) is 8.04.